The average molecular weight is 465 g/mol. The maximum absolute atomic E-state index is 11.1. The third-order valence-corrected chi connectivity index (χ3v) is 9.11. The molecule has 0 fully saturated rings. The van der Waals surface area contributed by atoms with Gasteiger partial charge in [0.2, 0.25) is 0 Å². The number of hydrogen-bond donors (Lipinski definition) is 0. The topological polar surface area (TPSA) is 25.2 Å². The smallest absolute Gasteiger partial charge is 0.160 e. The molecule has 0 saturated carbocycles. The number of nitrogens with zero attached hydrogens (tertiary/aromatic N) is 2. The molecular weight excluding hydrogens is 440 g/mol. The van der Waals surface area contributed by atoms with E-state index in [2.05, 4.69) is 86.8 Å². The Morgan fingerprint density at radius 2 is 1.42 bits per heavy atom. The van der Waals surface area contributed by atoms with Crippen LogP contribution < -0.4 is 4.90 Å². The number of aldehydes is 1. The number of rotatable bonds is 4. The molecule has 0 amide bonds. The van der Waals surface area contributed by atoms with Gasteiger partial charge in [-0.05, 0) is 62.7 Å². The lowest BCUT2D eigenvalue weighted by Crippen LogP contribution is -2.20. The van der Waals surface area contributed by atoms with E-state index < -0.39 is 0 Å². The second-order valence-corrected chi connectivity index (χ2v) is 12.1. The number of carbonyl (C=O) groups is 1. The molecule has 0 N–H and O–H groups in total. The van der Waals surface area contributed by atoms with E-state index in [4.69, 9.17) is 0 Å². The lowest BCUT2D eigenvalue weighted by molar-refractivity contribution is 0.112. The molecule has 31 heavy (non-hydrogen) atoms. The van der Waals surface area contributed by atoms with Crippen LogP contribution in [0.2, 0.25) is 0 Å². The minimum atomic E-state index is -0.0329. The molecule has 4 aromatic heterocycles. The fraction of sp³-hybridized carbons (Fsp3) is 0.240. The van der Waals surface area contributed by atoms with Crippen molar-refractivity contribution in [3.63, 3.8) is 0 Å². The minimum Gasteiger partial charge on any atom is -0.378 e. The summed E-state index contributed by atoms with van der Waals surface area (Å²) < 4.78 is 5.15. The van der Waals surface area contributed by atoms with Crippen molar-refractivity contribution >= 4 is 66.4 Å². The van der Waals surface area contributed by atoms with Crippen molar-refractivity contribution in [3.05, 3.63) is 53.4 Å². The van der Waals surface area contributed by atoms with E-state index in [1.807, 2.05) is 28.7 Å². The first-order chi connectivity index (χ1) is 14.8. The molecule has 0 saturated heterocycles. The molecule has 1 aromatic carbocycles. The quantitative estimate of drug-likeness (QED) is 0.252. The Balaban J connectivity index is 1.69. The molecule has 0 bridgehead atoms. The van der Waals surface area contributed by atoms with Gasteiger partial charge < -0.3 is 9.47 Å². The zero-order valence-corrected chi connectivity index (χ0v) is 20.7. The Morgan fingerprint density at radius 3 is 1.97 bits per heavy atom. The Kier molecular flexibility index (Phi) is 4.84. The van der Waals surface area contributed by atoms with Gasteiger partial charge in [0.15, 0.2) is 6.29 Å². The number of thiophene rings is 3. The van der Waals surface area contributed by atoms with Gasteiger partial charge >= 0.3 is 0 Å². The molecule has 5 aromatic rings. The van der Waals surface area contributed by atoms with Crippen LogP contribution >= 0.6 is 34.0 Å². The van der Waals surface area contributed by atoms with Crippen molar-refractivity contribution in [1.82, 2.24) is 4.57 Å². The van der Waals surface area contributed by atoms with Crippen LogP contribution in [-0.2, 0) is 5.54 Å². The second kappa shape index (κ2) is 7.33. The van der Waals surface area contributed by atoms with E-state index in [0.29, 0.717) is 0 Å². The molecular formula is C25H24N2OS3. The third-order valence-electron chi connectivity index (χ3n) is 5.44. The summed E-state index contributed by atoms with van der Waals surface area (Å²) in [4.78, 5) is 17.7. The van der Waals surface area contributed by atoms with Gasteiger partial charge in [-0.3, -0.25) is 4.79 Å². The van der Waals surface area contributed by atoms with Crippen LogP contribution in [0.3, 0.4) is 0 Å². The zero-order chi connectivity index (χ0) is 21.9. The van der Waals surface area contributed by atoms with E-state index in [-0.39, 0.29) is 5.54 Å². The predicted octanol–water partition coefficient (Wildman–Crippen LogP) is 7.95. The molecule has 5 rings (SSSR count). The fourth-order valence-corrected chi connectivity index (χ4v) is 7.35. The molecule has 0 atom stereocenters. The normalized spacial score (nSPS) is 12.2. The molecule has 4 heterocycles. The van der Waals surface area contributed by atoms with Crippen LogP contribution in [0.1, 0.15) is 30.4 Å². The standard InChI is InChI=1S/C25H24N2OS3/c1-25(2,3)27-18-12-21(15-6-8-16(9-7-15)26(4)5)30-23(18)24-19(27)13-22(31-24)20-11-10-17(14-28)29-20/h6-14H,1-5H3. The van der Waals surface area contributed by atoms with Crippen LogP contribution in [0.5, 0.6) is 0 Å². The maximum Gasteiger partial charge on any atom is 0.160 e. The lowest BCUT2D eigenvalue weighted by atomic mass is 10.1. The van der Waals surface area contributed by atoms with Crippen molar-refractivity contribution in [3.8, 4) is 20.2 Å². The van der Waals surface area contributed by atoms with Crippen LogP contribution in [0.15, 0.2) is 48.5 Å². The van der Waals surface area contributed by atoms with Crippen molar-refractivity contribution in [2.45, 2.75) is 26.3 Å². The van der Waals surface area contributed by atoms with Crippen molar-refractivity contribution in [2.75, 3.05) is 19.0 Å². The number of anilines is 1. The molecule has 0 radical (unpaired) electrons. The van der Waals surface area contributed by atoms with Crippen LogP contribution in [0.4, 0.5) is 5.69 Å². The summed E-state index contributed by atoms with van der Waals surface area (Å²) in [5.74, 6) is 0. The highest BCUT2D eigenvalue weighted by molar-refractivity contribution is 7.31. The van der Waals surface area contributed by atoms with Gasteiger partial charge in [-0.2, -0.15) is 0 Å². The van der Waals surface area contributed by atoms with Gasteiger partial charge in [0.25, 0.3) is 0 Å². The molecule has 0 aliphatic rings. The summed E-state index contributed by atoms with van der Waals surface area (Å²) in [6, 6.07) is 17.4. The molecule has 0 aliphatic carbocycles. The number of benzene rings is 1. The van der Waals surface area contributed by atoms with Crippen molar-refractivity contribution < 1.29 is 4.79 Å². The fourth-order valence-electron chi connectivity index (χ4n) is 4.01. The van der Waals surface area contributed by atoms with Crippen LogP contribution in [0, 0.1) is 0 Å². The van der Waals surface area contributed by atoms with Gasteiger partial charge in [0.05, 0.1) is 25.3 Å². The first-order valence-corrected chi connectivity index (χ1v) is 12.6. The highest BCUT2D eigenvalue weighted by Gasteiger charge is 2.25. The first kappa shape index (κ1) is 20.5. The highest BCUT2D eigenvalue weighted by atomic mass is 32.1. The SMILES string of the molecule is CN(C)c1ccc(-c2cc3c(s2)c2sc(-c4ccc(C=O)s4)cc2n3C(C)(C)C)cc1. The molecule has 0 aliphatic heterocycles. The van der Waals surface area contributed by atoms with Crippen molar-refractivity contribution in [2.24, 2.45) is 0 Å². The number of carbonyl (C=O) groups excluding carboxylic acids is 1. The number of hydrogen-bond acceptors (Lipinski definition) is 5. The monoisotopic (exact) mass is 464 g/mol. The average Bonchev–Trinajstić information content (AvgIpc) is 3.47. The molecule has 6 heteroatoms. The minimum absolute atomic E-state index is 0.0329. The van der Waals surface area contributed by atoms with Gasteiger partial charge in [0.1, 0.15) is 0 Å². The van der Waals surface area contributed by atoms with Crippen LogP contribution in [0.25, 0.3) is 40.6 Å². The first-order valence-electron chi connectivity index (χ1n) is 10.2. The number of fused-ring (bicyclic) bond motifs is 3. The Hall–Kier alpha value is -2.41. The summed E-state index contributed by atoms with van der Waals surface area (Å²) in [6.07, 6.45) is 0.933. The Bertz CT molecular complexity index is 1410. The van der Waals surface area contributed by atoms with E-state index in [1.54, 1.807) is 11.3 Å². The number of aromatic nitrogens is 1. The van der Waals surface area contributed by atoms with Gasteiger partial charge in [-0.15, -0.1) is 34.0 Å². The molecule has 3 nitrogen and oxygen atoms in total. The summed E-state index contributed by atoms with van der Waals surface area (Å²) in [5.41, 5.74) is 5.02. The zero-order valence-electron chi connectivity index (χ0n) is 18.2. The molecule has 0 unspecified atom stereocenters. The largest absolute Gasteiger partial charge is 0.378 e. The maximum atomic E-state index is 11.1. The van der Waals surface area contributed by atoms with E-state index in [0.717, 1.165) is 16.0 Å². The Morgan fingerprint density at radius 1 is 0.806 bits per heavy atom. The van der Waals surface area contributed by atoms with Gasteiger partial charge in [0, 0.05) is 40.0 Å². The van der Waals surface area contributed by atoms with E-state index in [1.165, 1.54) is 41.4 Å². The van der Waals surface area contributed by atoms with E-state index >= 15 is 0 Å². The second-order valence-electron chi connectivity index (χ2n) is 8.92. The summed E-state index contributed by atoms with van der Waals surface area (Å²) in [6.45, 7) is 6.80. The highest BCUT2D eigenvalue weighted by Crippen LogP contribution is 2.47. The summed E-state index contributed by atoms with van der Waals surface area (Å²) >= 11 is 5.27. The van der Waals surface area contributed by atoms with Crippen molar-refractivity contribution in [1.29, 1.82) is 0 Å². The van der Waals surface area contributed by atoms with Gasteiger partial charge in [-0.25, -0.2) is 0 Å². The van der Waals surface area contributed by atoms with E-state index in [9.17, 15) is 4.79 Å². The van der Waals surface area contributed by atoms with Crippen LogP contribution in [-0.4, -0.2) is 24.9 Å². The Labute approximate surface area is 194 Å². The summed E-state index contributed by atoms with van der Waals surface area (Å²) in [7, 11) is 4.13. The molecule has 0 spiro atoms. The van der Waals surface area contributed by atoms with Gasteiger partial charge in [-0.1, -0.05) is 12.1 Å². The summed E-state index contributed by atoms with van der Waals surface area (Å²) in [5, 5.41) is 0. The lowest BCUT2D eigenvalue weighted by Gasteiger charge is -2.23. The third kappa shape index (κ3) is 3.43. The molecule has 158 valence electrons. The predicted molar refractivity (Wildman–Crippen MR) is 139 cm³/mol.